The number of furan rings is 1. The Morgan fingerprint density at radius 3 is 2.86 bits per heavy atom. The second kappa shape index (κ2) is 5.81. The highest BCUT2D eigenvalue weighted by Crippen LogP contribution is 2.20. The number of carbonyl (C=O) groups is 1. The summed E-state index contributed by atoms with van der Waals surface area (Å²) >= 11 is 1.43. The minimum Gasteiger partial charge on any atom is -0.467 e. The first-order chi connectivity index (χ1) is 10.5. The lowest BCUT2D eigenvalue weighted by Gasteiger charge is -2.07. The molecule has 0 spiro atoms. The number of thiazole rings is 1. The second-order valence-electron chi connectivity index (χ2n) is 5.20. The summed E-state index contributed by atoms with van der Waals surface area (Å²) in [4.78, 5) is 16.7. The zero-order valence-corrected chi connectivity index (χ0v) is 13.5. The average Bonchev–Trinajstić information content (AvgIpc) is 3.17. The third-order valence-electron chi connectivity index (χ3n) is 3.55. The molecule has 1 N–H and O–H groups in total. The van der Waals surface area contributed by atoms with Gasteiger partial charge in [0.2, 0.25) is 0 Å². The van der Waals surface area contributed by atoms with Gasteiger partial charge in [0.1, 0.15) is 5.76 Å². The number of hydrogen-bond acceptors (Lipinski definition) is 4. The zero-order valence-electron chi connectivity index (χ0n) is 12.7. The first kappa shape index (κ1) is 14.6. The largest absolute Gasteiger partial charge is 0.467 e. The van der Waals surface area contributed by atoms with Gasteiger partial charge in [-0.1, -0.05) is 0 Å². The molecule has 0 bridgehead atoms. The van der Waals surface area contributed by atoms with E-state index >= 15 is 0 Å². The van der Waals surface area contributed by atoms with Crippen molar-refractivity contribution < 1.29 is 9.21 Å². The number of nitrogens with zero attached hydrogens (tertiary/aromatic N) is 2. The molecule has 0 aromatic carbocycles. The van der Waals surface area contributed by atoms with Crippen LogP contribution in [0.3, 0.4) is 0 Å². The molecule has 3 rings (SSSR count). The third kappa shape index (κ3) is 2.82. The van der Waals surface area contributed by atoms with E-state index in [0.717, 1.165) is 22.8 Å². The van der Waals surface area contributed by atoms with Crippen molar-refractivity contribution in [3.05, 3.63) is 58.2 Å². The lowest BCUT2D eigenvalue weighted by Crippen LogP contribution is -2.13. The molecule has 0 saturated carbocycles. The van der Waals surface area contributed by atoms with Crippen LogP contribution in [0.2, 0.25) is 0 Å². The van der Waals surface area contributed by atoms with Crippen LogP contribution in [0.5, 0.6) is 0 Å². The van der Waals surface area contributed by atoms with Gasteiger partial charge < -0.3 is 8.98 Å². The number of hydrogen-bond donors (Lipinski definition) is 1. The highest BCUT2D eigenvalue weighted by Gasteiger charge is 2.17. The van der Waals surface area contributed by atoms with E-state index in [2.05, 4.69) is 14.9 Å². The fourth-order valence-corrected chi connectivity index (χ4v) is 3.09. The number of rotatable bonds is 4. The average molecular weight is 315 g/mol. The normalized spacial score (nSPS) is 10.9. The minimum absolute atomic E-state index is 0.131. The van der Waals surface area contributed by atoms with Gasteiger partial charge in [-0.2, -0.15) is 0 Å². The van der Waals surface area contributed by atoms with Crippen LogP contribution in [0.15, 0.2) is 34.3 Å². The molecule has 0 saturated heterocycles. The maximum absolute atomic E-state index is 12.4. The van der Waals surface area contributed by atoms with E-state index in [1.807, 2.05) is 44.4 Å². The first-order valence-electron chi connectivity index (χ1n) is 6.97. The number of nitrogens with one attached hydrogen (secondary N) is 1. The molecule has 0 unspecified atom stereocenters. The van der Waals surface area contributed by atoms with Crippen LogP contribution in [0.4, 0.5) is 5.13 Å². The van der Waals surface area contributed by atoms with Crippen LogP contribution in [0, 0.1) is 20.8 Å². The van der Waals surface area contributed by atoms with Crippen molar-refractivity contribution >= 4 is 22.4 Å². The van der Waals surface area contributed by atoms with Crippen molar-refractivity contribution in [1.29, 1.82) is 0 Å². The SMILES string of the molecule is Cc1csc(NC(=O)c2cc(C)n(Cc3ccco3)c2C)n1. The number of aryl methyl sites for hydroxylation is 2. The Morgan fingerprint density at radius 1 is 1.41 bits per heavy atom. The molecular weight excluding hydrogens is 298 g/mol. The number of anilines is 1. The molecule has 114 valence electrons. The molecule has 3 aromatic heterocycles. The fraction of sp³-hybridized carbons (Fsp3) is 0.250. The summed E-state index contributed by atoms with van der Waals surface area (Å²) in [6.07, 6.45) is 1.65. The van der Waals surface area contributed by atoms with Crippen molar-refractivity contribution in [2.75, 3.05) is 5.32 Å². The smallest absolute Gasteiger partial charge is 0.259 e. The number of carbonyl (C=O) groups excluding carboxylic acids is 1. The summed E-state index contributed by atoms with van der Waals surface area (Å²) < 4.78 is 7.46. The standard InChI is InChI=1S/C16H17N3O2S/c1-10-9-22-16(17-10)18-15(20)14-7-11(2)19(12(14)3)8-13-5-4-6-21-13/h4-7,9H,8H2,1-3H3,(H,17,18,20). The van der Waals surface area contributed by atoms with Gasteiger partial charge in [-0.15, -0.1) is 11.3 Å². The molecular formula is C16H17N3O2S. The molecule has 5 nitrogen and oxygen atoms in total. The first-order valence-corrected chi connectivity index (χ1v) is 7.85. The molecule has 0 fully saturated rings. The van der Waals surface area contributed by atoms with Crippen LogP contribution in [-0.4, -0.2) is 15.5 Å². The van der Waals surface area contributed by atoms with Crippen LogP contribution < -0.4 is 5.32 Å². The van der Waals surface area contributed by atoms with Crippen molar-refractivity contribution in [2.45, 2.75) is 27.3 Å². The monoisotopic (exact) mass is 315 g/mol. The third-order valence-corrected chi connectivity index (χ3v) is 4.43. The van der Waals surface area contributed by atoms with Crippen molar-refractivity contribution in [3.8, 4) is 0 Å². The molecule has 3 aromatic rings. The molecule has 22 heavy (non-hydrogen) atoms. The fourth-order valence-electron chi connectivity index (χ4n) is 2.41. The maximum atomic E-state index is 12.4. The van der Waals surface area contributed by atoms with Gasteiger partial charge in [0.25, 0.3) is 5.91 Å². The Kier molecular flexibility index (Phi) is 3.85. The van der Waals surface area contributed by atoms with E-state index < -0.39 is 0 Å². The van der Waals surface area contributed by atoms with Gasteiger partial charge in [-0.25, -0.2) is 4.98 Å². The molecule has 0 aliphatic heterocycles. The summed E-state index contributed by atoms with van der Waals surface area (Å²) in [6.45, 7) is 6.45. The van der Waals surface area contributed by atoms with Crippen molar-refractivity contribution in [3.63, 3.8) is 0 Å². The second-order valence-corrected chi connectivity index (χ2v) is 6.06. The maximum Gasteiger partial charge on any atom is 0.259 e. The number of amides is 1. The van der Waals surface area contributed by atoms with Crippen LogP contribution in [-0.2, 0) is 6.54 Å². The Balaban J connectivity index is 1.83. The van der Waals surface area contributed by atoms with Gasteiger partial charge in [-0.05, 0) is 39.0 Å². The minimum atomic E-state index is -0.131. The van der Waals surface area contributed by atoms with Crippen molar-refractivity contribution in [2.24, 2.45) is 0 Å². The summed E-state index contributed by atoms with van der Waals surface area (Å²) in [6, 6.07) is 5.69. The molecule has 3 heterocycles. The van der Waals surface area contributed by atoms with Gasteiger partial charge in [0, 0.05) is 16.8 Å². The Morgan fingerprint density at radius 2 is 2.23 bits per heavy atom. The lowest BCUT2D eigenvalue weighted by atomic mass is 10.2. The Hall–Kier alpha value is -2.34. The van der Waals surface area contributed by atoms with Crippen LogP contribution in [0.1, 0.15) is 33.2 Å². The predicted molar refractivity (Wildman–Crippen MR) is 86.5 cm³/mol. The van der Waals surface area contributed by atoms with E-state index in [4.69, 9.17) is 4.42 Å². The van der Waals surface area contributed by atoms with E-state index in [1.165, 1.54) is 11.3 Å². The summed E-state index contributed by atoms with van der Waals surface area (Å²) in [5.74, 6) is 0.734. The van der Waals surface area contributed by atoms with E-state index in [-0.39, 0.29) is 5.91 Å². The van der Waals surface area contributed by atoms with Gasteiger partial charge in [0.05, 0.1) is 24.1 Å². The van der Waals surface area contributed by atoms with Gasteiger partial charge >= 0.3 is 0 Å². The molecule has 0 aliphatic carbocycles. The van der Waals surface area contributed by atoms with E-state index in [0.29, 0.717) is 17.2 Å². The summed E-state index contributed by atoms with van der Waals surface area (Å²) in [5, 5.41) is 5.39. The van der Waals surface area contributed by atoms with E-state index in [9.17, 15) is 4.79 Å². The highest BCUT2D eigenvalue weighted by molar-refractivity contribution is 7.13. The predicted octanol–water partition coefficient (Wildman–Crippen LogP) is 3.76. The molecule has 0 aliphatic rings. The quantitative estimate of drug-likeness (QED) is 0.797. The summed E-state index contributed by atoms with van der Waals surface area (Å²) in [7, 11) is 0. The molecule has 6 heteroatoms. The van der Waals surface area contributed by atoms with Gasteiger partial charge in [-0.3, -0.25) is 10.1 Å². The zero-order chi connectivity index (χ0) is 15.7. The van der Waals surface area contributed by atoms with Crippen LogP contribution in [0.25, 0.3) is 0 Å². The molecule has 0 radical (unpaired) electrons. The highest BCUT2D eigenvalue weighted by atomic mass is 32.1. The molecule has 1 amide bonds. The topological polar surface area (TPSA) is 60.1 Å². The summed E-state index contributed by atoms with van der Waals surface area (Å²) in [5.41, 5.74) is 3.51. The molecule has 0 atom stereocenters. The Bertz CT molecular complexity index is 800. The van der Waals surface area contributed by atoms with Gasteiger partial charge in [0.15, 0.2) is 5.13 Å². The van der Waals surface area contributed by atoms with Crippen LogP contribution >= 0.6 is 11.3 Å². The van der Waals surface area contributed by atoms with E-state index in [1.54, 1.807) is 6.26 Å². The number of aromatic nitrogens is 2. The lowest BCUT2D eigenvalue weighted by molar-refractivity contribution is 0.102. The van der Waals surface area contributed by atoms with Crippen molar-refractivity contribution in [1.82, 2.24) is 9.55 Å². The Labute approximate surface area is 132 Å².